The minimum absolute atomic E-state index is 0.694. The molecule has 0 bridgehead atoms. The SMILES string of the molecule is COCCCc1ccc(/C(=C\N)Nc2ccc(N)cc2)c(N)c1. The number of benzene rings is 2. The lowest BCUT2D eigenvalue weighted by Gasteiger charge is -2.14. The van der Waals surface area contributed by atoms with Crippen molar-refractivity contribution in [1.29, 1.82) is 0 Å². The molecule has 0 aliphatic heterocycles. The highest BCUT2D eigenvalue weighted by molar-refractivity contribution is 5.82. The Morgan fingerprint density at radius 1 is 1.13 bits per heavy atom. The number of nitrogen functional groups attached to an aromatic ring is 2. The summed E-state index contributed by atoms with van der Waals surface area (Å²) >= 11 is 0. The predicted octanol–water partition coefficient (Wildman–Crippen LogP) is 2.80. The van der Waals surface area contributed by atoms with Crippen LogP contribution in [0.2, 0.25) is 0 Å². The molecule has 2 aromatic carbocycles. The summed E-state index contributed by atoms with van der Waals surface area (Å²) in [6.07, 6.45) is 3.43. The first-order chi connectivity index (χ1) is 11.1. The van der Waals surface area contributed by atoms with Crippen molar-refractivity contribution in [2.24, 2.45) is 5.73 Å². The van der Waals surface area contributed by atoms with Crippen molar-refractivity contribution in [1.82, 2.24) is 0 Å². The van der Waals surface area contributed by atoms with Crippen LogP contribution in [-0.4, -0.2) is 13.7 Å². The van der Waals surface area contributed by atoms with Crippen molar-refractivity contribution >= 4 is 22.8 Å². The molecule has 0 radical (unpaired) electrons. The monoisotopic (exact) mass is 312 g/mol. The van der Waals surface area contributed by atoms with E-state index in [9.17, 15) is 0 Å². The average molecular weight is 312 g/mol. The number of methoxy groups -OCH3 is 1. The van der Waals surface area contributed by atoms with E-state index in [1.54, 1.807) is 7.11 Å². The van der Waals surface area contributed by atoms with E-state index in [1.165, 1.54) is 11.8 Å². The molecule has 0 unspecified atom stereocenters. The quantitative estimate of drug-likeness (QED) is 0.465. The Hall–Kier alpha value is -2.66. The molecule has 0 aliphatic rings. The number of anilines is 3. The topological polar surface area (TPSA) is 99.3 Å². The molecule has 0 amide bonds. The molecule has 0 heterocycles. The van der Waals surface area contributed by atoms with Crippen LogP contribution in [0.1, 0.15) is 17.5 Å². The van der Waals surface area contributed by atoms with Gasteiger partial charge < -0.3 is 27.3 Å². The fraction of sp³-hybridized carbons (Fsp3) is 0.222. The minimum Gasteiger partial charge on any atom is -0.403 e. The second-order valence-electron chi connectivity index (χ2n) is 5.35. The molecule has 0 atom stereocenters. The molecule has 122 valence electrons. The largest absolute Gasteiger partial charge is 0.403 e. The number of ether oxygens (including phenoxy) is 1. The maximum Gasteiger partial charge on any atom is 0.0636 e. The fourth-order valence-electron chi connectivity index (χ4n) is 2.35. The Morgan fingerprint density at radius 2 is 1.87 bits per heavy atom. The molecule has 0 fully saturated rings. The van der Waals surface area contributed by atoms with E-state index in [0.29, 0.717) is 11.4 Å². The highest BCUT2D eigenvalue weighted by Gasteiger charge is 2.07. The lowest BCUT2D eigenvalue weighted by Crippen LogP contribution is -2.05. The van der Waals surface area contributed by atoms with Crippen LogP contribution in [0.15, 0.2) is 48.7 Å². The van der Waals surface area contributed by atoms with Crippen LogP contribution < -0.4 is 22.5 Å². The molecular formula is C18H24N4O. The summed E-state index contributed by atoms with van der Waals surface area (Å²) in [5.74, 6) is 0. The Morgan fingerprint density at radius 3 is 2.48 bits per heavy atom. The first-order valence-electron chi connectivity index (χ1n) is 7.56. The van der Waals surface area contributed by atoms with E-state index in [1.807, 2.05) is 36.4 Å². The second-order valence-corrected chi connectivity index (χ2v) is 5.35. The number of aryl methyl sites for hydroxylation is 1. The Balaban J connectivity index is 2.13. The van der Waals surface area contributed by atoms with E-state index >= 15 is 0 Å². The molecule has 0 saturated heterocycles. The lowest BCUT2D eigenvalue weighted by atomic mass is 10.0. The first kappa shape index (κ1) is 16.7. The zero-order chi connectivity index (χ0) is 16.7. The van der Waals surface area contributed by atoms with Gasteiger partial charge in [0.2, 0.25) is 0 Å². The average Bonchev–Trinajstić information content (AvgIpc) is 2.55. The van der Waals surface area contributed by atoms with Gasteiger partial charge >= 0.3 is 0 Å². The first-order valence-corrected chi connectivity index (χ1v) is 7.56. The van der Waals surface area contributed by atoms with Crippen LogP contribution in [0.3, 0.4) is 0 Å². The third-order valence-electron chi connectivity index (χ3n) is 3.58. The molecule has 2 aromatic rings. The summed E-state index contributed by atoms with van der Waals surface area (Å²) in [6, 6.07) is 13.5. The number of nitrogens with two attached hydrogens (primary N) is 3. The van der Waals surface area contributed by atoms with Gasteiger partial charge in [-0.15, -0.1) is 0 Å². The van der Waals surface area contributed by atoms with E-state index in [4.69, 9.17) is 21.9 Å². The van der Waals surface area contributed by atoms with Gasteiger partial charge in [-0.1, -0.05) is 12.1 Å². The van der Waals surface area contributed by atoms with Crippen molar-refractivity contribution in [3.05, 3.63) is 59.8 Å². The summed E-state index contributed by atoms with van der Waals surface area (Å²) < 4.78 is 5.07. The van der Waals surface area contributed by atoms with Gasteiger partial charge in [0.15, 0.2) is 0 Å². The van der Waals surface area contributed by atoms with Crippen LogP contribution in [0.4, 0.5) is 17.1 Å². The maximum atomic E-state index is 6.19. The predicted molar refractivity (Wildman–Crippen MR) is 97.7 cm³/mol. The van der Waals surface area contributed by atoms with Gasteiger partial charge in [0, 0.05) is 42.5 Å². The molecule has 5 heteroatoms. The van der Waals surface area contributed by atoms with Crippen molar-refractivity contribution in [3.63, 3.8) is 0 Å². The summed E-state index contributed by atoms with van der Waals surface area (Å²) in [5.41, 5.74) is 22.8. The van der Waals surface area contributed by atoms with Crippen LogP contribution in [-0.2, 0) is 11.2 Å². The standard InChI is InChI=1S/C18H24N4O/c1-23-10-2-3-13-4-9-16(17(21)11-13)18(12-19)22-15-7-5-14(20)6-8-15/h4-9,11-12,22H,2-3,10,19-21H2,1H3/b18-12+. The Kier molecular flexibility index (Phi) is 5.88. The lowest BCUT2D eigenvalue weighted by molar-refractivity contribution is 0.195. The van der Waals surface area contributed by atoms with E-state index in [0.717, 1.165) is 36.4 Å². The van der Waals surface area contributed by atoms with Crippen molar-refractivity contribution in [3.8, 4) is 0 Å². The third-order valence-corrected chi connectivity index (χ3v) is 3.58. The number of nitrogens with one attached hydrogen (secondary N) is 1. The third kappa shape index (κ3) is 4.66. The maximum absolute atomic E-state index is 6.19. The highest BCUT2D eigenvalue weighted by atomic mass is 16.5. The second kappa shape index (κ2) is 8.10. The van der Waals surface area contributed by atoms with E-state index < -0.39 is 0 Å². The minimum atomic E-state index is 0.694. The van der Waals surface area contributed by atoms with Crippen LogP contribution in [0.5, 0.6) is 0 Å². The van der Waals surface area contributed by atoms with Gasteiger partial charge in [-0.25, -0.2) is 0 Å². The zero-order valence-corrected chi connectivity index (χ0v) is 13.4. The summed E-state index contributed by atoms with van der Waals surface area (Å²) in [7, 11) is 1.71. The fourth-order valence-corrected chi connectivity index (χ4v) is 2.35. The van der Waals surface area contributed by atoms with Crippen LogP contribution in [0.25, 0.3) is 5.70 Å². The molecule has 0 spiro atoms. The molecule has 5 nitrogen and oxygen atoms in total. The van der Waals surface area contributed by atoms with Gasteiger partial charge in [-0.2, -0.15) is 0 Å². The molecule has 0 aromatic heterocycles. The zero-order valence-electron chi connectivity index (χ0n) is 13.4. The normalized spacial score (nSPS) is 11.4. The van der Waals surface area contributed by atoms with Gasteiger partial charge in [-0.05, 0) is 48.7 Å². The Labute approximate surface area is 137 Å². The molecule has 0 saturated carbocycles. The molecule has 0 aliphatic carbocycles. The smallest absolute Gasteiger partial charge is 0.0636 e. The number of hydrogen-bond donors (Lipinski definition) is 4. The van der Waals surface area contributed by atoms with Crippen molar-refractivity contribution < 1.29 is 4.74 Å². The van der Waals surface area contributed by atoms with Gasteiger partial charge in [0.05, 0.1) is 5.70 Å². The highest BCUT2D eigenvalue weighted by Crippen LogP contribution is 2.25. The van der Waals surface area contributed by atoms with Gasteiger partial charge in [-0.3, -0.25) is 0 Å². The number of hydrogen-bond acceptors (Lipinski definition) is 5. The molecule has 2 rings (SSSR count). The van der Waals surface area contributed by atoms with Crippen molar-refractivity contribution in [2.45, 2.75) is 12.8 Å². The molecular weight excluding hydrogens is 288 g/mol. The van der Waals surface area contributed by atoms with Crippen LogP contribution in [0, 0.1) is 0 Å². The van der Waals surface area contributed by atoms with E-state index in [2.05, 4.69) is 11.4 Å². The molecule has 7 N–H and O–H groups in total. The van der Waals surface area contributed by atoms with E-state index in [-0.39, 0.29) is 0 Å². The number of rotatable bonds is 7. The molecule has 23 heavy (non-hydrogen) atoms. The summed E-state index contributed by atoms with van der Waals surface area (Å²) in [5, 5.41) is 3.27. The summed E-state index contributed by atoms with van der Waals surface area (Å²) in [6.45, 7) is 0.744. The summed E-state index contributed by atoms with van der Waals surface area (Å²) in [4.78, 5) is 0. The van der Waals surface area contributed by atoms with Gasteiger partial charge in [0.25, 0.3) is 0 Å². The van der Waals surface area contributed by atoms with Gasteiger partial charge in [0.1, 0.15) is 0 Å². The van der Waals surface area contributed by atoms with Crippen LogP contribution >= 0.6 is 0 Å². The Bertz CT molecular complexity index is 665. The van der Waals surface area contributed by atoms with Crippen molar-refractivity contribution in [2.75, 3.05) is 30.5 Å².